The Morgan fingerprint density at radius 2 is 1.00 bits per heavy atom. The van der Waals surface area contributed by atoms with E-state index in [-0.39, 0.29) is 48.8 Å². The lowest BCUT2D eigenvalue weighted by Gasteiger charge is -1.97. The number of carbonyl (C=O) groups is 4. The van der Waals surface area contributed by atoms with Crippen molar-refractivity contribution in [2.24, 2.45) is 0 Å². The first-order valence-corrected chi connectivity index (χ1v) is 4.44. The molecule has 0 aromatic heterocycles. The van der Waals surface area contributed by atoms with Crippen LogP contribution in [0.15, 0.2) is 0 Å². The summed E-state index contributed by atoms with van der Waals surface area (Å²) in [6.45, 7) is 2.66. The predicted molar refractivity (Wildman–Crippen MR) is 49.8 cm³/mol. The van der Waals surface area contributed by atoms with E-state index in [0.717, 1.165) is 0 Å². The maximum Gasteiger partial charge on any atom is 0.140 e. The van der Waals surface area contributed by atoms with Crippen molar-refractivity contribution in [3.63, 3.8) is 0 Å². The minimum Gasteiger partial charge on any atom is -0.300 e. The van der Waals surface area contributed by atoms with Gasteiger partial charge in [-0.1, -0.05) is 0 Å². The summed E-state index contributed by atoms with van der Waals surface area (Å²) in [6.07, 6.45) is -0.113. The summed E-state index contributed by atoms with van der Waals surface area (Å²) in [5.74, 6) is -0.883. The first-order chi connectivity index (χ1) is 6.41. The number of carbonyl (C=O) groups excluding carboxylic acids is 4. The van der Waals surface area contributed by atoms with Crippen molar-refractivity contribution in [1.29, 1.82) is 0 Å². The van der Waals surface area contributed by atoms with E-state index < -0.39 is 0 Å². The van der Waals surface area contributed by atoms with Gasteiger partial charge in [0.1, 0.15) is 23.1 Å². The minimum atomic E-state index is -0.241. The largest absolute Gasteiger partial charge is 0.300 e. The molecule has 0 N–H and O–H groups in total. The van der Waals surface area contributed by atoms with Crippen molar-refractivity contribution in [3.05, 3.63) is 0 Å². The summed E-state index contributed by atoms with van der Waals surface area (Å²) in [7, 11) is 0. The molecule has 0 aromatic rings. The van der Waals surface area contributed by atoms with Gasteiger partial charge in [0.2, 0.25) is 0 Å². The third kappa shape index (κ3) is 7.34. The molecule has 0 atom stereocenters. The normalized spacial score (nSPS) is 9.57. The third-order valence-corrected chi connectivity index (χ3v) is 1.57. The van der Waals surface area contributed by atoms with Crippen molar-refractivity contribution in [2.75, 3.05) is 0 Å². The Morgan fingerprint density at radius 3 is 1.21 bits per heavy atom. The van der Waals surface area contributed by atoms with Crippen LogP contribution in [-0.2, 0) is 19.2 Å². The van der Waals surface area contributed by atoms with E-state index in [2.05, 4.69) is 0 Å². The van der Waals surface area contributed by atoms with Gasteiger partial charge in [0.25, 0.3) is 0 Å². The van der Waals surface area contributed by atoms with Crippen LogP contribution in [0.4, 0.5) is 0 Å². The summed E-state index contributed by atoms with van der Waals surface area (Å²) >= 11 is 0. The quantitative estimate of drug-likeness (QED) is 0.569. The van der Waals surface area contributed by atoms with Crippen molar-refractivity contribution < 1.29 is 19.2 Å². The molecule has 0 heterocycles. The first-order valence-electron chi connectivity index (χ1n) is 4.44. The van der Waals surface area contributed by atoms with Gasteiger partial charge in [-0.25, -0.2) is 0 Å². The van der Waals surface area contributed by atoms with Gasteiger partial charge in [0, 0.05) is 12.8 Å². The summed E-state index contributed by atoms with van der Waals surface area (Å²) in [4.78, 5) is 43.0. The van der Waals surface area contributed by atoms with Gasteiger partial charge in [-0.2, -0.15) is 0 Å². The number of hydrogen-bond donors (Lipinski definition) is 0. The lowest BCUT2D eigenvalue weighted by atomic mass is 10.1. The zero-order chi connectivity index (χ0) is 11.1. The van der Waals surface area contributed by atoms with Crippen LogP contribution in [0.1, 0.15) is 39.5 Å². The van der Waals surface area contributed by atoms with Crippen LogP contribution in [-0.4, -0.2) is 23.1 Å². The highest BCUT2D eigenvalue weighted by Gasteiger charge is 2.10. The summed E-state index contributed by atoms with van der Waals surface area (Å²) in [5, 5.41) is 0. The Hall–Kier alpha value is -1.32. The number of Topliss-reactive ketones (excluding diaryl/α,β-unsaturated/α-hetero) is 4. The van der Waals surface area contributed by atoms with Gasteiger partial charge < -0.3 is 0 Å². The van der Waals surface area contributed by atoms with Crippen LogP contribution < -0.4 is 0 Å². The first kappa shape index (κ1) is 12.7. The highest BCUT2D eigenvalue weighted by atomic mass is 16.2. The van der Waals surface area contributed by atoms with Crippen molar-refractivity contribution in [1.82, 2.24) is 0 Å². The highest BCUT2D eigenvalue weighted by Crippen LogP contribution is 2.00. The van der Waals surface area contributed by atoms with Gasteiger partial charge in [0.05, 0.1) is 12.8 Å². The highest BCUT2D eigenvalue weighted by molar-refractivity contribution is 6.02. The average molecular weight is 198 g/mol. The molecule has 0 amide bonds. The molecular formula is C10H14O4. The fourth-order valence-corrected chi connectivity index (χ4v) is 1.01. The molecule has 0 unspecified atom stereocenters. The van der Waals surface area contributed by atoms with E-state index in [1.165, 1.54) is 13.8 Å². The number of rotatable bonds is 7. The molecular weight excluding hydrogens is 184 g/mol. The minimum absolute atomic E-state index is 0.0612. The molecule has 4 heteroatoms. The van der Waals surface area contributed by atoms with Crippen LogP contribution >= 0.6 is 0 Å². The monoisotopic (exact) mass is 198 g/mol. The Morgan fingerprint density at radius 1 is 0.714 bits per heavy atom. The molecule has 0 bridgehead atoms. The van der Waals surface area contributed by atoms with Crippen LogP contribution in [0.2, 0.25) is 0 Å². The molecule has 78 valence electrons. The molecule has 0 fully saturated rings. The Bertz CT molecular complexity index is 237. The van der Waals surface area contributed by atoms with E-state index in [1.54, 1.807) is 0 Å². The molecule has 0 saturated heterocycles. The standard InChI is InChI=1S/C10H14O4/c1-7(11)5-9(13)3-4-10(14)6-8(2)12/h3-6H2,1-2H3. The van der Waals surface area contributed by atoms with Gasteiger partial charge in [-0.3, -0.25) is 19.2 Å². The summed E-state index contributed by atoms with van der Waals surface area (Å²) < 4.78 is 0. The molecule has 0 rings (SSSR count). The van der Waals surface area contributed by atoms with Gasteiger partial charge >= 0.3 is 0 Å². The predicted octanol–water partition coefficient (Wildman–Crippen LogP) is 0.863. The maximum absolute atomic E-state index is 11.0. The van der Waals surface area contributed by atoms with E-state index in [4.69, 9.17) is 0 Å². The van der Waals surface area contributed by atoms with Crippen LogP contribution in [0.5, 0.6) is 0 Å². The zero-order valence-corrected chi connectivity index (χ0v) is 8.46. The van der Waals surface area contributed by atoms with E-state index in [1.807, 2.05) is 0 Å². The van der Waals surface area contributed by atoms with Crippen LogP contribution in [0, 0.1) is 0 Å². The van der Waals surface area contributed by atoms with Crippen LogP contribution in [0.25, 0.3) is 0 Å². The number of hydrogen-bond acceptors (Lipinski definition) is 4. The molecule has 0 radical (unpaired) electrons. The average Bonchev–Trinajstić information content (AvgIpc) is 1.98. The lowest BCUT2D eigenvalue weighted by Crippen LogP contribution is -2.09. The molecule has 0 aliphatic heterocycles. The molecule has 0 aliphatic carbocycles. The molecule has 0 aliphatic rings. The van der Waals surface area contributed by atoms with E-state index in [0.29, 0.717) is 0 Å². The second kappa shape index (κ2) is 6.18. The van der Waals surface area contributed by atoms with Gasteiger partial charge in [-0.15, -0.1) is 0 Å². The topological polar surface area (TPSA) is 68.3 Å². The fraction of sp³-hybridized carbons (Fsp3) is 0.600. The van der Waals surface area contributed by atoms with Crippen molar-refractivity contribution in [2.45, 2.75) is 39.5 Å². The Labute approximate surface area is 82.7 Å². The number of ketones is 4. The second-order valence-electron chi connectivity index (χ2n) is 3.33. The SMILES string of the molecule is CC(=O)CC(=O)CCC(=O)CC(C)=O. The molecule has 14 heavy (non-hydrogen) atoms. The van der Waals surface area contributed by atoms with Crippen molar-refractivity contribution in [3.8, 4) is 0 Å². The molecule has 0 saturated carbocycles. The van der Waals surface area contributed by atoms with Crippen molar-refractivity contribution >= 4 is 23.1 Å². The molecule has 4 nitrogen and oxygen atoms in total. The molecule has 0 aromatic carbocycles. The lowest BCUT2D eigenvalue weighted by molar-refractivity contribution is -0.130. The summed E-state index contributed by atoms with van der Waals surface area (Å²) in [5.41, 5.74) is 0. The molecule has 0 spiro atoms. The second-order valence-corrected chi connectivity index (χ2v) is 3.33. The van der Waals surface area contributed by atoms with E-state index in [9.17, 15) is 19.2 Å². The Kier molecular flexibility index (Phi) is 5.60. The van der Waals surface area contributed by atoms with Gasteiger partial charge in [-0.05, 0) is 13.8 Å². The maximum atomic E-state index is 11.0. The van der Waals surface area contributed by atoms with Crippen LogP contribution in [0.3, 0.4) is 0 Å². The summed E-state index contributed by atoms with van der Waals surface area (Å²) in [6, 6.07) is 0. The zero-order valence-electron chi connectivity index (χ0n) is 8.46. The van der Waals surface area contributed by atoms with Gasteiger partial charge in [0.15, 0.2) is 0 Å². The fourth-order valence-electron chi connectivity index (χ4n) is 1.01. The van der Waals surface area contributed by atoms with E-state index >= 15 is 0 Å². The smallest absolute Gasteiger partial charge is 0.140 e. The Balaban J connectivity index is 3.72. The third-order valence-electron chi connectivity index (χ3n) is 1.57.